The number of benzene rings is 2. The number of hydrogen-bond donors (Lipinski definition) is 1. The van der Waals surface area contributed by atoms with E-state index >= 15 is 0 Å². The fourth-order valence-corrected chi connectivity index (χ4v) is 2.10. The van der Waals surface area contributed by atoms with E-state index < -0.39 is 6.10 Å². The van der Waals surface area contributed by atoms with Gasteiger partial charge in [0.1, 0.15) is 5.75 Å². The summed E-state index contributed by atoms with van der Waals surface area (Å²) in [5.41, 5.74) is 3.43. The zero-order valence-corrected chi connectivity index (χ0v) is 13.8. The molecule has 120 valence electrons. The van der Waals surface area contributed by atoms with E-state index in [-0.39, 0.29) is 11.7 Å². The number of amides is 1. The number of ketones is 1. The predicted octanol–water partition coefficient (Wildman–Crippen LogP) is 3.91. The Balaban J connectivity index is 2.03. The van der Waals surface area contributed by atoms with E-state index in [1.807, 2.05) is 32.0 Å². The molecule has 0 spiro atoms. The number of carbonyl (C=O) groups excluding carboxylic acids is 2. The fourth-order valence-electron chi connectivity index (χ4n) is 2.10. The lowest BCUT2D eigenvalue weighted by Gasteiger charge is -2.16. The van der Waals surface area contributed by atoms with Crippen molar-refractivity contribution < 1.29 is 14.3 Å². The molecule has 2 rings (SSSR count). The molecule has 0 aliphatic carbocycles. The Morgan fingerprint density at radius 1 is 1.04 bits per heavy atom. The van der Waals surface area contributed by atoms with Crippen LogP contribution in [0, 0.1) is 13.8 Å². The molecule has 1 amide bonds. The van der Waals surface area contributed by atoms with Crippen LogP contribution in [-0.4, -0.2) is 17.8 Å². The third-order valence-electron chi connectivity index (χ3n) is 3.70. The van der Waals surface area contributed by atoms with Crippen LogP contribution in [0.2, 0.25) is 0 Å². The third kappa shape index (κ3) is 4.42. The smallest absolute Gasteiger partial charge is 0.265 e. The van der Waals surface area contributed by atoms with Gasteiger partial charge >= 0.3 is 0 Å². The summed E-state index contributed by atoms with van der Waals surface area (Å²) in [5.74, 6) is 0.359. The normalized spacial score (nSPS) is 11.7. The van der Waals surface area contributed by atoms with Crippen LogP contribution in [0.25, 0.3) is 0 Å². The van der Waals surface area contributed by atoms with Gasteiger partial charge in [0, 0.05) is 11.3 Å². The molecule has 0 aliphatic rings. The lowest BCUT2D eigenvalue weighted by molar-refractivity contribution is -0.122. The molecular weight excluding hydrogens is 290 g/mol. The molecule has 4 nitrogen and oxygen atoms in total. The van der Waals surface area contributed by atoms with Crippen LogP contribution >= 0.6 is 0 Å². The first kappa shape index (κ1) is 16.7. The van der Waals surface area contributed by atoms with E-state index in [4.69, 9.17) is 4.74 Å². The first-order valence-electron chi connectivity index (χ1n) is 7.52. The summed E-state index contributed by atoms with van der Waals surface area (Å²) in [6.07, 6.45) is -0.641. The molecule has 0 aliphatic heterocycles. The highest BCUT2D eigenvalue weighted by Crippen LogP contribution is 2.18. The lowest BCUT2D eigenvalue weighted by atomic mass is 10.1. The molecule has 0 unspecified atom stereocenters. The van der Waals surface area contributed by atoms with Crippen molar-refractivity contribution in [3.8, 4) is 5.75 Å². The predicted molar refractivity (Wildman–Crippen MR) is 91.1 cm³/mol. The van der Waals surface area contributed by atoms with Crippen molar-refractivity contribution >= 4 is 17.4 Å². The average Bonchev–Trinajstić information content (AvgIpc) is 2.51. The molecule has 2 aromatic rings. The molecule has 0 radical (unpaired) electrons. The zero-order valence-electron chi connectivity index (χ0n) is 13.8. The Labute approximate surface area is 136 Å². The second kappa shape index (κ2) is 7.09. The second-order valence-corrected chi connectivity index (χ2v) is 5.63. The Kier molecular flexibility index (Phi) is 5.16. The SMILES string of the molecule is CC(=O)c1cccc(NC(=O)[C@@H](C)Oc2ccc(C)c(C)c2)c1. The minimum atomic E-state index is -0.641. The van der Waals surface area contributed by atoms with Crippen LogP contribution in [0.3, 0.4) is 0 Å². The number of hydrogen-bond acceptors (Lipinski definition) is 3. The number of rotatable bonds is 5. The van der Waals surface area contributed by atoms with Crippen molar-refractivity contribution in [3.63, 3.8) is 0 Å². The summed E-state index contributed by atoms with van der Waals surface area (Å²) in [7, 11) is 0. The average molecular weight is 311 g/mol. The summed E-state index contributed by atoms with van der Waals surface area (Å²) in [5, 5.41) is 2.77. The molecule has 1 atom stereocenters. The lowest BCUT2D eigenvalue weighted by Crippen LogP contribution is -2.30. The van der Waals surface area contributed by atoms with Crippen LogP contribution in [-0.2, 0) is 4.79 Å². The maximum Gasteiger partial charge on any atom is 0.265 e. The molecule has 1 N–H and O–H groups in total. The number of ether oxygens (including phenoxy) is 1. The van der Waals surface area contributed by atoms with Gasteiger partial charge in [0.25, 0.3) is 5.91 Å². The molecule has 0 bridgehead atoms. The zero-order chi connectivity index (χ0) is 17.0. The van der Waals surface area contributed by atoms with Crippen molar-refractivity contribution in [2.75, 3.05) is 5.32 Å². The van der Waals surface area contributed by atoms with Gasteiger partial charge < -0.3 is 10.1 Å². The van der Waals surface area contributed by atoms with Gasteiger partial charge in [-0.05, 0) is 63.1 Å². The van der Waals surface area contributed by atoms with Crippen molar-refractivity contribution in [2.24, 2.45) is 0 Å². The summed E-state index contributed by atoms with van der Waals surface area (Å²) in [4.78, 5) is 23.6. The summed E-state index contributed by atoms with van der Waals surface area (Å²) in [6, 6.07) is 12.6. The molecule has 0 heterocycles. The molecular formula is C19H21NO3. The highest BCUT2D eigenvalue weighted by molar-refractivity contribution is 5.98. The minimum Gasteiger partial charge on any atom is -0.481 e. The van der Waals surface area contributed by atoms with Crippen molar-refractivity contribution in [1.82, 2.24) is 0 Å². The quantitative estimate of drug-likeness (QED) is 0.852. The van der Waals surface area contributed by atoms with Crippen molar-refractivity contribution in [2.45, 2.75) is 33.8 Å². The van der Waals surface area contributed by atoms with Crippen LogP contribution in [0.5, 0.6) is 5.75 Å². The van der Waals surface area contributed by atoms with E-state index in [1.54, 1.807) is 31.2 Å². The Morgan fingerprint density at radius 3 is 2.43 bits per heavy atom. The number of Topliss-reactive ketones (excluding diaryl/α,β-unsaturated/α-hetero) is 1. The minimum absolute atomic E-state index is 0.0412. The van der Waals surface area contributed by atoms with Gasteiger partial charge in [-0.1, -0.05) is 18.2 Å². The van der Waals surface area contributed by atoms with Crippen LogP contribution in [0.1, 0.15) is 35.3 Å². The number of aryl methyl sites for hydroxylation is 2. The van der Waals surface area contributed by atoms with Crippen LogP contribution in [0.4, 0.5) is 5.69 Å². The van der Waals surface area contributed by atoms with E-state index in [0.717, 1.165) is 5.56 Å². The van der Waals surface area contributed by atoms with E-state index in [9.17, 15) is 9.59 Å². The van der Waals surface area contributed by atoms with Gasteiger partial charge in [-0.2, -0.15) is 0 Å². The molecule has 23 heavy (non-hydrogen) atoms. The maximum atomic E-state index is 12.2. The number of anilines is 1. The molecule has 0 fully saturated rings. The Morgan fingerprint density at radius 2 is 1.78 bits per heavy atom. The molecule has 4 heteroatoms. The molecule has 0 saturated carbocycles. The van der Waals surface area contributed by atoms with Gasteiger partial charge in [-0.15, -0.1) is 0 Å². The van der Waals surface area contributed by atoms with Gasteiger partial charge in [0.05, 0.1) is 0 Å². The monoisotopic (exact) mass is 311 g/mol. The Bertz CT molecular complexity index is 737. The first-order valence-corrected chi connectivity index (χ1v) is 7.52. The largest absolute Gasteiger partial charge is 0.481 e. The van der Waals surface area contributed by atoms with Crippen molar-refractivity contribution in [1.29, 1.82) is 0 Å². The topological polar surface area (TPSA) is 55.4 Å². The second-order valence-electron chi connectivity index (χ2n) is 5.63. The summed E-state index contributed by atoms with van der Waals surface area (Å²) >= 11 is 0. The maximum absolute atomic E-state index is 12.2. The van der Waals surface area contributed by atoms with E-state index in [2.05, 4.69) is 5.32 Å². The highest BCUT2D eigenvalue weighted by Gasteiger charge is 2.15. The van der Waals surface area contributed by atoms with Gasteiger partial charge in [-0.3, -0.25) is 9.59 Å². The third-order valence-corrected chi connectivity index (χ3v) is 3.70. The number of nitrogens with one attached hydrogen (secondary N) is 1. The van der Waals surface area contributed by atoms with Crippen LogP contribution < -0.4 is 10.1 Å². The fraction of sp³-hybridized carbons (Fsp3) is 0.263. The standard InChI is InChI=1S/C19H21NO3/c1-12-8-9-18(10-13(12)2)23-15(4)19(22)20-17-7-5-6-16(11-17)14(3)21/h5-11,15H,1-4H3,(H,20,22)/t15-/m1/s1. The molecule has 2 aromatic carbocycles. The molecule has 0 saturated heterocycles. The highest BCUT2D eigenvalue weighted by atomic mass is 16.5. The van der Waals surface area contributed by atoms with E-state index in [0.29, 0.717) is 17.0 Å². The molecule has 0 aromatic heterocycles. The van der Waals surface area contributed by atoms with Gasteiger partial charge in [0.2, 0.25) is 0 Å². The van der Waals surface area contributed by atoms with Crippen molar-refractivity contribution in [3.05, 3.63) is 59.2 Å². The van der Waals surface area contributed by atoms with Crippen LogP contribution in [0.15, 0.2) is 42.5 Å². The summed E-state index contributed by atoms with van der Waals surface area (Å²) < 4.78 is 5.68. The Hall–Kier alpha value is -2.62. The first-order chi connectivity index (χ1) is 10.9. The van der Waals surface area contributed by atoms with E-state index in [1.165, 1.54) is 12.5 Å². The number of carbonyl (C=O) groups is 2. The summed E-state index contributed by atoms with van der Waals surface area (Å²) in [6.45, 7) is 7.21. The van der Waals surface area contributed by atoms with Gasteiger partial charge in [0.15, 0.2) is 11.9 Å². The van der Waals surface area contributed by atoms with Gasteiger partial charge in [-0.25, -0.2) is 0 Å².